The van der Waals surface area contributed by atoms with Crippen molar-refractivity contribution in [3.8, 4) is 0 Å². The molecule has 0 aliphatic carbocycles. The molecule has 2 N–H and O–H groups in total. The van der Waals surface area contributed by atoms with E-state index in [1.807, 2.05) is 6.92 Å². The smallest absolute Gasteiger partial charge is 0.305 e. The van der Waals surface area contributed by atoms with Gasteiger partial charge in [-0.25, -0.2) is 0 Å². The highest BCUT2D eigenvalue weighted by Gasteiger charge is 2.18. The quantitative estimate of drug-likeness (QED) is 0.729. The van der Waals surface area contributed by atoms with Gasteiger partial charge in [0.15, 0.2) is 5.76 Å². The van der Waals surface area contributed by atoms with Gasteiger partial charge < -0.3 is 14.8 Å². The second-order valence-corrected chi connectivity index (χ2v) is 4.90. The Labute approximate surface area is 125 Å². The fourth-order valence-corrected chi connectivity index (χ4v) is 2.02. The summed E-state index contributed by atoms with van der Waals surface area (Å²) in [6.07, 6.45) is 0.473. The average Bonchev–Trinajstić information content (AvgIpc) is 2.92. The molecule has 0 radical (unpaired) electrons. The molecule has 0 aliphatic heterocycles. The summed E-state index contributed by atoms with van der Waals surface area (Å²) >= 11 is 0. The van der Waals surface area contributed by atoms with Crippen LogP contribution in [0.4, 0.5) is 0 Å². The Balaban J connectivity index is 2.62. The van der Waals surface area contributed by atoms with E-state index in [1.54, 1.807) is 12.1 Å². The highest BCUT2D eigenvalue weighted by molar-refractivity contribution is 5.91. The Morgan fingerprint density at radius 3 is 2.48 bits per heavy atom. The van der Waals surface area contributed by atoms with E-state index < -0.39 is 5.97 Å². The minimum absolute atomic E-state index is 0.0880. The first-order chi connectivity index (χ1) is 9.99. The first-order valence-electron chi connectivity index (χ1n) is 7.33. The number of furan rings is 1. The molecule has 0 spiro atoms. The van der Waals surface area contributed by atoms with Gasteiger partial charge in [0.25, 0.3) is 5.91 Å². The van der Waals surface area contributed by atoms with Crippen molar-refractivity contribution in [2.45, 2.75) is 46.2 Å². The summed E-state index contributed by atoms with van der Waals surface area (Å²) in [7, 11) is 0. The molecule has 118 valence electrons. The topological polar surface area (TPSA) is 82.8 Å². The molecule has 1 amide bonds. The van der Waals surface area contributed by atoms with Crippen molar-refractivity contribution in [3.63, 3.8) is 0 Å². The van der Waals surface area contributed by atoms with Crippen molar-refractivity contribution < 1.29 is 19.1 Å². The Morgan fingerprint density at radius 1 is 1.29 bits per heavy atom. The molecule has 0 saturated heterocycles. The molecule has 0 saturated carbocycles. The molecule has 1 rings (SSSR count). The van der Waals surface area contributed by atoms with E-state index in [-0.39, 0.29) is 24.1 Å². The predicted octanol–water partition coefficient (Wildman–Crippen LogP) is 2.10. The summed E-state index contributed by atoms with van der Waals surface area (Å²) in [4.78, 5) is 24.9. The molecule has 0 aliphatic rings. The normalized spacial score (nSPS) is 12.4. The number of carbonyl (C=O) groups excluding carboxylic acids is 1. The van der Waals surface area contributed by atoms with Crippen LogP contribution in [0.2, 0.25) is 0 Å². The molecule has 6 heteroatoms. The maximum absolute atomic E-state index is 12.0. The van der Waals surface area contributed by atoms with Crippen LogP contribution in [-0.4, -0.2) is 41.0 Å². The number of nitrogens with one attached hydrogen (secondary N) is 1. The highest BCUT2D eigenvalue weighted by atomic mass is 16.4. The molecular weight excluding hydrogens is 272 g/mol. The lowest BCUT2D eigenvalue weighted by atomic mass is 10.1. The Bertz CT molecular complexity index is 466. The first kappa shape index (κ1) is 17.2. The Morgan fingerprint density at radius 2 is 1.95 bits per heavy atom. The average molecular weight is 296 g/mol. The van der Waals surface area contributed by atoms with E-state index in [2.05, 4.69) is 24.1 Å². The Hall–Kier alpha value is -1.82. The zero-order chi connectivity index (χ0) is 15.8. The number of aliphatic carboxylic acids is 1. The summed E-state index contributed by atoms with van der Waals surface area (Å²) in [5.41, 5.74) is 0. The number of nitrogens with zero attached hydrogens (tertiary/aromatic N) is 1. The number of rotatable bonds is 9. The van der Waals surface area contributed by atoms with Gasteiger partial charge in [0.2, 0.25) is 0 Å². The molecule has 1 unspecified atom stereocenters. The van der Waals surface area contributed by atoms with Gasteiger partial charge in [0.1, 0.15) is 5.76 Å². The van der Waals surface area contributed by atoms with Crippen molar-refractivity contribution in [3.05, 3.63) is 23.7 Å². The second kappa shape index (κ2) is 8.46. The maximum Gasteiger partial charge on any atom is 0.305 e. The zero-order valence-corrected chi connectivity index (χ0v) is 12.9. The van der Waals surface area contributed by atoms with Crippen molar-refractivity contribution in [1.29, 1.82) is 0 Å². The van der Waals surface area contributed by atoms with Crippen molar-refractivity contribution >= 4 is 11.9 Å². The third kappa shape index (κ3) is 5.59. The van der Waals surface area contributed by atoms with Crippen LogP contribution in [-0.2, 0) is 11.3 Å². The van der Waals surface area contributed by atoms with Gasteiger partial charge in [0.05, 0.1) is 13.0 Å². The van der Waals surface area contributed by atoms with Crippen molar-refractivity contribution in [2.24, 2.45) is 0 Å². The van der Waals surface area contributed by atoms with Crippen molar-refractivity contribution in [2.75, 3.05) is 13.1 Å². The van der Waals surface area contributed by atoms with Crippen LogP contribution in [0.1, 0.15) is 49.9 Å². The van der Waals surface area contributed by atoms with E-state index in [0.29, 0.717) is 13.0 Å². The van der Waals surface area contributed by atoms with Gasteiger partial charge in [-0.1, -0.05) is 20.8 Å². The van der Waals surface area contributed by atoms with Crippen LogP contribution in [0, 0.1) is 0 Å². The lowest BCUT2D eigenvalue weighted by molar-refractivity contribution is -0.137. The third-order valence-corrected chi connectivity index (χ3v) is 3.41. The molecule has 1 atom stereocenters. The molecule has 0 fully saturated rings. The first-order valence-corrected chi connectivity index (χ1v) is 7.33. The molecule has 0 bridgehead atoms. The van der Waals surface area contributed by atoms with Gasteiger partial charge in [-0.05, 0) is 31.6 Å². The fourth-order valence-electron chi connectivity index (χ4n) is 2.02. The summed E-state index contributed by atoms with van der Waals surface area (Å²) in [6.45, 7) is 8.45. The van der Waals surface area contributed by atoms with Crippen LogP contribution in [0.15, 0.2) is 16.5 Å². The van der Waals surface area contributed by atoms with Crippen LogP contribution in [0.5, 0.6) is 0 Å². The van der Waals surface area contributed by atoms with Gasteiger partial charge in [-0.15, -0.1) is 0 Å². The number of hydrogen-bond donors (Lipinski definition) is 2. The van der Waals surface area contributed by atoms with E-state index in [9.17, 15) is 9.59 Å². The molecular formula is C15H24N2O4. The predicted molar refractivity (Wildman–Crippen MR) is 79.1 cm³/mol. The standard InChI is InChI=1S/C15H24N2O4/c1-4-11(9-14(18)19)16-15(20)13-8-7-12(21-13)10-17(5-2)6-3/h7-8,11H,4-6,9-10H2,1-3H3,(H,16,20)(H,18,19). The number of amides is 1. The second-order valence-electron chi connectivity index (χ2n) is 4.90. The largest absolute Gasteiger partial charge is 0.481 e. The van der Waals surface area contributed by atoms with E-state index in [0.717, 1.165) is 18.8 Å². The van der Waals surface area contributed by atoms with Crippen LogP contribution in [0.3, 0.4) is 0 Å². The van der Waals surface area contributed by atoms with Gasteiger partial charge in [-0.3, -0.25) is 14.5 Å². The van der Waals surface area contributed by atoms with Crippen LogP contribution >= 0.6 is 0 Å². The van der Waals surface area contributed by atoms with E-state index in [1.165, 1.54) is 0 Å². The van der Waals surface area contributed by atoms with Gasteiger partial charge in [-0.2, -0.15) is 0 Å². The number of carboxylic acids is 1. The molecule has 1 heterocycles. The lowest BCUT2D eigenvalue weighted by Gasteiger charge is -2.16. The third-order valence-electron chi connectivity index (χ3n) is 3.41. The monoisotopic (exact) mass is 296 g/mol. The highest BCUT2D eigenvalue weighted by Crippen LogP contribution is 2.11. The molecule has 1 aromatic rings. The number of hydrogen-bond acceptors (Lipinski definition) is 4. The van der Waals surface area contributed by atoms with Crippen LogP contribution in [0.25, 0.3) is 0 Å². The minimum atomic E-state index is -0.927. The fraction of sp³-hybridized carbons (Fsp3) is 0.600. The lowest BCUT2D eigenvalue weighted by Crippen LogP contribution is -2.35. The summed E-state index contributed by atoms with van der Waals surface area (Å²) in [5, 5.41) is 11.5. The summed E-state index contributed by atoms with van der Waals surface area (Å²) < 4.78 is 5.53. The van der Waals surface area contributed by atoms with E-state index >= 15 is 0 Å². The van der Waals surface area contributed by atoms with Gasteiger partial charge in [0, 0.05) is 6.04 Å². The Kier molecular flexibility index (Phi) is 6.94. The van der Waals surface area contributed by atoms with Crippen LogP contribution < -0.4 is 5.32 Å². The molecule has 21 heavy (non-hydrogen) atoms. The van der Waals surface area contributed by atoms with Gasteiger partial charge >= 0.3 is 5.97 Å². The molecule has 6 nitrogen and oxygen atoms in total. The SMILES string of the molecule is CCC(CC(=O)O)NC(=O)c1ccc(CN(CC)CC)o1. The maximum atomic E-state index is 12.0. The number of carboxylic acid groups (broad SMARTS) is 1. The summed E-state index contributed by atoms with van der Waals surface area (Å²) in [5.74, 6) is -0.339. The van der Waals surface area contributed by atoms with Crippen molar-refractivity contribution in [1.82, 2.24) is 10.2 Å². The van der Waals surface area contributed by atoms with E-state index in [4.69, 9.17) is 9.52 Å². The molecule has 0 aromatic carbocycles. The zero-order valence-electron chi connectivity index (χ0n) is 12.9. The summed E-state index contributed by atoms with van der Waals surface area (Å²) in [6, 6.07) is 3.03. The minimum Gasteiger partial charge on any atom is -0.481 e. The molecule has 1 aromatic heterocycles. The number of carbonyl (C=O) groups is 2.